The van der Waals surface area contributed by atoms with Gasteiger partial charge in [0.1, 0.15) is 12.4 Å². The molecule has 0 aromatic heterocycles. The van der Waals surface area contributed by atoms with E-state index in [0.29, 0.717) is 5.75 Å². The molecule has 1 aliphatic rings. The van der Waals surface area contributed by atoms with Gasteiger partial charge in [-0.1, -0.05) is 48.5 Å². The number of carbonyl (C=O) groups excluding carboxylic acids is 1. The molecule has 0 atom stereocenters. The van der Waals surface area contributed by atoms with Gasteiger partial charge in [-0.25, -0.2) is 9.59 Å². The molecule has 6 nitrogen and oxygen atoms in total. The van der Waals surface area contributed by atoms with Gasteiger partial charge in [0.2, 0.25) is 0 Å². The number of carboxylic acids is 1. The number of hydrogen-bond donors (Lipinski definition) is 2. The zero-order valence-electron chi connectivity index (χ0n) is 17.3. The number of hydrogen-bond acceptors (Lipinski definition) is 4. The van der Waals surface area contributed by atoms with Gasteiger partial charge in [0.15, 0.2) is 0 Å². The summed E-state index contributed by atoms with van der Waals surface area (Å²) < 4.78 is 11.0. The fourth-order valence-electron chi connectivity index (χ4n) is 3.90. The second-order valence-electron chi connectivity index (χ2n) is 7.63. The largest absolute Gasteiger partial charge is 0.491 e. The summed E-state index contributed by atoms with van der Waals surface area (Å²) in [5, 5.41) is 12.1. The Bertz CT molecular complexity index is 1090. The maximum absolute atomic E-state index is 12.5. The minimum absolute atomic E-state index is 0.0633. The Hall–Kier alpha value is -3.80. The molecule has 0 fully saturated rings. The second-order valence-corrected chi connectivity index (χ2v) is 7.63. The lowest BCUT2D eigenvalue weighted by Crippen LogP contribution is -2.19. The molecule has 31 heavy (non-hydrogen) atoms. The van der Waals surface area contributed by atoms with E-state index in [4.69, 9.17) is 9.47 Å². The first-order valence-electron chi connectivity index (χ1n) is 10.1. The fraction of sp³-hybridized carbons (Fsp3) is 0.200. The predicted molar refractivity (Wildman–Crippen MR) is 118 cm³/mol. The lowest BCUT2D eigenvalue weighted by atomic mass is 9.98. The maximum atomic E-state index is 12.5. The molecule has 0 saturated carbocycles. The van der Waals surface area contributed by atoms with Crippen molar-refractivity contribution in [2.75, 3.05) is 11.9 Å². The van der Waals surface area contributed by atoms with Crippen molar-refractivity contribution < 1.29 is 24.2 Å². The van der Waals surface area contributed by atoms with Crippen LogP contribution in [0.1, 0.15) is 41.3 Å². The Morgan fingerprint density at radius 3 is 2.16 bits per heavy atom. The number of ether oxygens (including phenoxy) is 2. The Morgan fingerprint density at radius 2 is 1.58 bits per heavy atom. The number of anilines is 1. The van der Waals surface area contributed by atoms with Crippen molar-refractivity contribution in [2.45, 2.75) is 25.9 Å². The number of carboxylic acid groups (broad SMARTS) is 1. The first-order valence-corrected chi connectivity index (χ1v) is 10.1. The van der Waals surface area contributed by atoms with Gasteiger partial charge in [-0.2, -0.15) is 0 Å². The lowest BCUT2D eigenvalue weighted by Gasteiger charge is -2.16. The summed E-state index contributed by atoms with van der Waals surface area (Å²) in [5.74, 6) is -0.812. The number of fused-ring (bicyclic) bond motifs is 3. The molecular weight excluding hydrogens is 394 g/mol. The van der Waals surface area contributed by atoms with Gasteiger partial charge >= 0.3 is 12.1 Å². The summed E-state index contributed by atoms with van der Waals surface area (Å²) >= 11 is 0. The van der Waals surface area contributed by atoms with E-state index >= 15 is 0 Å². The number of nitrogens with one attached hydrogen (secondary N) is 1. The molecule has 0 radical (unpaired) electrons. The first kappa shape index (κ1) is 20.5. The monoisotopic (exact) mass is 417 g/mol. The third kappa shape index (κ3) is 4.23. The highest BCUT2D eigenvalue weighted by Crippen LogP contribution is 2.44. The molecule has 3 aromatic carbocycles. The highest BCUT2D eigenvalue weighted by molar-refractivity contribution is 5.99. The molecule has 0 saturated heterocycles. The SMILES string of the molecule is CC(C)Oc1ccc(NC(=O)OCC2c3ccccc3-c3ccccc32)c(C(=O)O)c1. The quantitative estimate of drug-likeness (QED) is 0.551. The van der Waals surface area contributed by atoms with Crippen LogP contribution in [0.25, 0.3) is 11.1 Å². The van der Waals surface area contributed by atoms with Crippen LogP contribution in [0.15, 0.2) is 66.7 Å². The molecule has 1 amide bonds. The highest BCUT2D eigenvalue weighted by atomic mass is 16.5. The molecule has 0 unspecified atom stereocenters. The van der Waals surface area contributed by atoms with Crippen LogP contribution < -0.4 is 10.1 Å². The first-order chi connectivity index (χ1) is 14.9. The average Bonchev–Trinajstić information content (AvgIpc) is 3.06. The van der Waals surface area contributed by atoms with E-state index in [1.165, 1.54) is 12.1 Å². The third-order valence-corrected chi connectivity index (χ3v) is 5.17. The van der Waals surface area contributed by atoms with Crippen molar-refractivity contribution in [1.29, 1.82) is 0 Å². The lowest BCUT2D eigenvalue weighted by molar-refractivity contribution is 0.0697. The van der Waals surface area contributed by atoms with Crippen LogP contribution in [0, 0.1) is 0 Å². The second kappa shape index (κ2) is 8.52. The van der Waals surface area contributed by atoms with Crippen LogP contribution in [0.2, 0.25) is 0 Å². The molecular formula is C25H23NO5. The molecule has 3 aromatic rings. The van der Waals surface area contributed by atoms with Crippen molar-refractivity contribution in [1.82, 2.24) is 0 Å². The van der Waals surface area contributed by atoms with Crippen molar-refractivity contribution in [2.24, 2.45) is 0 Å². The zero-order valence-corrected chi connectivity index (χ0v) is 17.3. The summed E-state index contributed by atoms with van der Waals surface area (Å²) in [6.07, 6.45) is -0.801. The fourth-order valence-corrected chi connectivity index (χ4v) is 3.90. The summed E-state index contributed by atoms with van der Waals surface area (Å²) in [7, 11) is 0. The summed E-state index contributed by atoms with van der Waals surface area (Å²) in [4.78, 5) is 24.1. The predicted octanol–water partition coefficient (Wildman–Crippen LogP) is 5.53. The van der Waals surface area contributed by atoms with Gasteiger partial charge < -0.3 is 14.6 Å². The van der Waals surface area contributed by atoms with Gasteiger partial charge in [0, 0.05) is 5.92 Å². The Balaban J connectivity index is 1.49. The van der Waals surface area contributed by atoms with Crippen LogP contribution in [-0.4, -0.2) is 29.9 Å². The van der Waals surface area contributed by atoms with Crippen LogP contribution >= 0.6 is 0 Å². The van der Waals surface area contributed by atoms with Gasteiger partial charge in [0.05, 0.1) is 17.4 Å². The number of rotatable bonds is 6. The maximum Gasteiger partial charge on any atom is 0.411 e. The van der Waals surface area contributed by atoms with Gasteiger partial charge in [-0.15, -0.1) is 0 Å². The number of carbonyl (C=O) groups is 2. The number of aromatic carboxylic acids is 1. The van der Waals surface area contributed by atoms with Crippen LogP contribution in [0.4, 0.5) is 10.5 Å². The van der Waals surface area contributed by atoms with E-state index in [-0.39, 0.29) is 29.9 Å². The number of benzene rings is 3. The zero-order chi connectivity index (χ0) is 22.0. The van der Waals surface area contributed by atoms with Gasteiger partial charge in [-0.05, 0) is 54.3 Å². The van der Waals surface area contributed by atoms with E-state index < -0.39 is 12.1 Å². The number of amides is 1. The standard InChI is InChI=1S/C25H23NO5/c1-15(2)31-16-11-12-23(21(13-16)24(27)28)26-25(29)30-14-22-19-9-5-3-7-17(19)18-8-4-6-10-20(18)22/h3-13,15,22H,14H2,1-2H3,(H,26,29)(H,27,28). The normalized spacial score (nSPS) is 12.2. The molecule has 2 N–H and O–H groups in total. The summed E-state index contributed by atoms with van der Waals surface area (Å²) in [5.41, 5.74) is 4.59. The van der Waals surface area contributed by atoms with E-state index in [0.717, 1.165) is 22.3 Å². The molecule has 0 heterocycles. The molecule has 4 rings (SSSR count). The average molecular weight is 417 g/mol. The van der Waals surface area contributed by atoms with Crippen LogP contribution in [0.3, 0.4) is 0 Å². The summed E-state index contributed by atoms with van der Waals surface area (Å²) in [6, 6.07) is 20.6. The van der Waals surface area contributed by atoms with E-state index in [9.17, 15) is 14.7 Å². The van der Waals surface area contributed by atoms with Crippen molar-refractivity contribution in [3.63, 3.8) is 0 Å². The summed E-state index contributed by atoms with van der Waals surface area (Å²) in [6.45, 7) is 3.85. The van der Waals surface area contributed by atoms with E-state index in [2.05, 4.69) is 17.4 Å². The molecule has 0 aliphatic heterocycles. The van der Waals surface area contributed by atoms with Crippen molar-refractivity contribution in [3.8, 4) is 16.9 Å². The van der Waals surface area contributed by atoms with Crippen LogP contribution in [0.5, 0.6) is 5.75 Å². The topological polar surface area (TPSA) is 84.9 Å². The van der Waals surface area contributed by atoms with Crippen LogP contribution in [-0.2, 0) is 4.74 Å². The molecule has 0 spiro atoms. The molecule has 0 bridgehead atoms. The van der Waals surface area contributed by atoms with Gasteiger partial charge in [0.25, 0.3) is 0 Å². The molecule has 158 valence electrons. The van der Waals surface area contributed by atoms with Crippen molar-refractivity contribution in [3.05, 3.63) is 83.4 Å². The smallest absolute Gasteiger partial charge is 0.411 e. The Labute approximate surface area is 180 Å². The Morgan fingerprint density at radius 1 is 0.968 bits per heavy atom. The highest BCUT2D eigenvalue weighted by Gasteiger charge is 2.29. The van der Waals surface area contributed by atoms with E-state index in [1.807, 2.05) is 50.2 Å². The molecule has 6 heteroatoms. The third-order valence-electron chi connectivity index (χ3n) is 5.17. The minimum Gasteiger partial charge on any atom is -0.491 e. The van der Waals surface area contributed by atoms with Crippen molar-refractivity contribution >= 4 is 17.7 Å². The van der Waals surface area contributed by atoms with Gasteiger partial charge in [-0.3, -0.25) is 5.32 Å². The van der Waals surface area contributed by atoms with E-state index in [1.54, 1.807) is 6.07 Å². The minimum atomic E-state index is -1.16. The Kier molecular flexibility index (Phi) is 5.62. The molecule has 1 aliphatic carbocycles.